The van der Waals surface area contributed by atoms with Crippen LogP contribution >= 0.6 is 0 Å². The SMILES string of the molecule is N#Cc1ccc(OCCn2nc(C(=O)[O-])c3ccccc3c2=O)cc1. The van der Waals surface area contributed by atoms with Crippen LogP contribution in [0.25, 0.3) is 10.8 Å². The van der Waals surface area contributed by atoms with Gasteiger partial charge in [-0.1, -0.05) is 18.2 Å². The maximum absolute atomic E-state index is 12.4. The average Bonchev–Trinajstić information content (AvgIpc) is 2.64. The van der Waals surface area contributed by atoms with Crippen molar-refractivity contribution in [1.29, 1.82) is 5.26 Å². The third kappa shape index (κ3) is 3.33. The molecular formula is C18H12N3O4-. The third-order valence-electron chi connectivity index (χ3n) is 3.62. The first-order valence-corrected chi connectivity index (χ1v) is 7.44. The molecule has 0 saturated carbocycles. The highest BCUT2D eigenvalue weighted by Gasteiger charge is 2.11. The molecule has 7 heteroatoms. The normalized spacial score (nSPS) is 10.4. The van der Waals surface area contributed by atoms with Crippen molar-refractivity contribution >= 4 is 16.7 Å². The Labute approximate surface area is 142 Å². The second-order valence-electron chi connectivity index (χ2n) is 5.19. The molecule has 1 heterocycles. The van der Waals surface area contributed by atoms with Crippen LogP contribution in [0.2, 0.25) is 0 Å². The first kappa shape index (κ1) is 16.2. The van der Waals surface area contributed by atoms with Crippen molar-refractivity contribution < 1.29 is 14.6 Å². The zero-order valence-corrected chi connectivity index (χ0v) is 13.0. The van der Waals surface area contributed by atoms with E-state index in [9.17, 15) is 14.7 Å². The van der Waals surface area contributed by atoms with Gasteiger partial charge in [0.25, 0.3) is 5.56 Å². The minimum absolute atomic E-state index is 0.0734. The molecule has 0 amide bonds. The smallest absolute Gasteiger partial charge is 0.274 e. The molecule has 1 aromatic heterocycles. The number of nitrogens with zero attached hydrogens (tertiary/aromatic N) is 3. The number of carboxylic acid groups (broad SMARTS) is 1. The lowest BCUT2D eigenvalue weighted by atomic mass is 10.1. The minimum atomic E-state index is -1.45. The van der Waals surface area contributed by atoms with Crippen molar-refractivity contribution in [2.75, 3.05) is 6.61 Å². The van der Waals surface area contributed by atoms with E-state index in [4.69, 9.17) is 10.00 Å². The van der Waals surface area contributed by atoms with Gasteiger partial charge in [-0.05, 0) is 30.3 Å². The van der Waals surface area contributed by atoms with Gasteiger partial charge in [0, 0.05) is 5.39 Å². The Hall–Kier alpha value is -3.66. The molecular weight excluding hydrogens is 322 g/mol. The van der Waals surface area contributed by atoms with Crippen LogP contribution in [-0.4, -0.2) is 22.4 Å². The first-order valence-electron chi connectivity index (χ1n) is 7.44. The van der Waals surface area contributed by atoms with Gasteiger partial charge in [-0.25, -0.2) is 4.68 Å². The van der Waals surface area contributed by atoms with Crippen molar-refractivity contribution in [3.05, 3.63) is 70.1 Å². The summed E-state index contributed by atoms with van der Waals surface area (Å²) in [6.45, 7) is 0.188. The third-order valence-corrected chi connectivity index (χ3v) is 3.62. The van der Waals surface area contributed by atoms with Crippen LogP contribution in [-0.2, 0) is 6.54 Å². The van der Waals surface area contributed by atoms with Crippen LogP contribution in [0.15, 0.2) is 53.3 Å². The zero-order chi connectivity index (χ0) is 17.8. The van der Waals surface area contributed by atoms with Gasteiger partial charge in [0.1, 0.15) is 18.1 Å². The van der Waals surface area contributed by atoms with Crippen LogP contribution in [0.3, 0.4) is 0 Å². The number of aromatic nitrogens is 2. The fourth-order valence-corrected chi connectivity index (χ4v) is 2.41. The molecule has 0 radical (unpaired) electrons. The molecule has 124 valence electrons. The van der Waals surface area contributed by atoms with E-state index in [-0.39, 0.29) is 29.6 Å². The highest BCUT2D eigenvalue weighted by molar-refractivity contribution is 6.00. The molecule has 0 saturated heterocycles. The second-order valence-corrected chi connectivity index (χ2v) is 5.19. The van der Waals surface area contributed by atoms with Crippen molar-refractivity contribution in [2.45, 2.75) is 6.54 Å². The predicted octanol–water partition coefficient (Wildman–Crippen LogP) is 0.711. The van der Waals surface area contributed by atoms with Gasteiger partial charge in [-0.3, -0.25) is 4.79 Å². The monoisotopic (exact) mass is 334 g/mol. The van der Waals surface area contributed by atoms with Crippen LogP contribution < -0.4 is 15.4 Å². The average molecular weight is 334 g/mol. The summed E-state index contributed by atoms with van der Waals surface area (Å²) in [6, 6.07) is 14.9. The molecule has 0 spiro atoms. The molecule has 0 aliphatic carbocycles. The fourth-order valence-electron chi connectivity index (χ4n) is 2.41. The molecule has 0 aliphatic heterocycles. The lowest BCUT2D eigenvalue weighted by Gasteiger charge is -2.12. The first-order chi connectivity index (χ1) is 12.1. The molecule has 7 nitrogen and oxygen atoms in total. The summed E-state index contributed by atoms with van der Waals surface area (Å²) in [7, 11) is 0. The predicted molar refractivity (Wildman–Crippen MR) is 87.0 cm³/mol. The van der Waals surface area contributed by atoms with E-state index >= 15 is 0 Å². The molecule has 0 aliphatic rings. The Morgan fingerprint density at radius 2 is 1.84 bits per heavy atom. The standard InChI is InChI=1S/C18H13N3O4/c19-11-12-5-7-13(8-6-12)25-10-9-21-17(22)15-4-2-1-3-14(15)16(20-21)18(23)24/h1-8H,9-10H2,(H,23,24)/p-1. The summed E-state index contributed by atoms with van der Waals surface area (Å²) in [5.41, 5.74) is -0.170. The summed E-state index contributed by atoms with van der Waals surface area (Å²) in [4.78, 5) is 23.7. The highest BCUT2D eigenvalue weighted by atomic mass is 16.5. The van der Waals surface area contributed by atoms with Crippen molar-refractivity contribution in [1.82, 2.24) is 9.78 Å². The molecule has 0 unspecified atom stereocenters. The van der Waals surface area contributed by atoms with Crippen molar-refractivity contribution in [3.8, 4) is 11.8 Å². The van der Waals surface area contributed by atoms with Gasteiger partial charge in [-0.2, -0.15) is 10.4 Å². The Morgan fingerprint density at radius 3 is 2.48 bits per heavy atom. The van der Waals surface area contributed by atoms with Gasteiger partial charge < -0.3 is 14.6 Å². The molecule has 0 N–H and O–H groups in total. The number of ether oxygens (including phenoxy) is 1. The summed E-state index contributed by atoms with van der Waals surface area (Å²) in [6.07, 6.45) is 0. The molecule has 0 atom stereocenters. The van der Waals surface area contributed by atoms with Crippen LogP contribution in [0.5, 0.6) is 5.75 Å². The summed E-state index contributed by atoms with van der Waals surface area (Å²) in [5.74, 6) is -0.911. The number of fused-ring (bicyclic) bond motifs is 1. The highest BCUT2D eigenvalue weighted by Crippen LogP contribution is 2.13. The maximum Gasteiger partial charge on any atom is 0.274 e. The van der Waals surface area contributed by atoms with E-state index < -0.39 is 11.5 Å². The quantitative estimate of drug-likeness (QED) is 0.680. The number of nitriles is 1. The fraction of sp³-hybridized carbons (Fsp3) is 0.111. The van der Waals surface area contributed by atoms with Crippen LogP contribution in [0.1, 0.15) is 16.1 Å². The van der Waals surface area contributed by atoms with E-state index in [0.717, 1.165) is 4.68 Å². The molecule has 0 bridgehead atoms. The number of aromatic carboxylic acids is 1. The number of carboxylic acids is 1. The van der Waals surface area contributed by atoms with E-state index in [0.29, 0.717) is 11.3 Å². The largest absolute Gasteiger partial charge is 0.543 e. The van der Waals surface area contributed by atoms with Crippen LogP contribution in [0.4, 0.5) is 0 Å². The van der Waals surface area contributed by atoms with Crippen molar-refractivity contribution in [3.63, 3.8) is 0 Å². The number of benzene rings is 2. The number of hydrogen-bond acceptors (Lipinski definition) is 6. The van der Waals surface area contributed by atoms with Gasteiger partial charge in [-0.15, -0.1) is 0 Å². The Bertz CT molecular complexity index is 1030. The van der Waals surface area contributed by atoms with Gasteiger partial charge in [0.05, 0.1) is 29.5 Å². The van der Waals surface area contributed by atoms with E-state index in [2.05, 4.69) is 5.10 Å². The Kier molecular flexibility index (Phi) is 4.44. The van der Waals surface area contributed by atoms with Crippen molar-refractivity contribution in [2.24, 2.45) is 0 Å². The summed E-state index contributed by atoms with van der Waals surface area (Å²) < 4.78 is 6.56. The second kappa shape index (κ2) is 6.84. The van der Waals surface area contributed by atoms with E-state index in [1.807, 2.05) is 6.07 Å². The molecule has 3 rings (SSSR count). The van der Waals surface area contributed by atoms with Crippen LogP contribution in [0, 0.1) is 11.3 Å². The maximum atomic E-state index is 12.4. The molecule has 3 aromatic rings. The molecule has 2 aromatic carbocycles. The minimum Gasteiger partial charge on any atom is -0.543 e. The lowest BCUT2D eigenvalue weighted by Crippen LogP contribution is -2.32. The molecule has 0 fully saturated rings. The number of carbonyl (C=O) groups is 1. The Morgan fingerprint density at radius 1 is 1.16 bits per heavy atom. The molecule has 25 heavy (non-hydrogen) atoms. The number of carbonyl (C=O) groups excluding carboxylic acids is 1. The van der Waals surface area contributed by atoms with Gasteiger partial charge in [0.2, 0.25) is 0 Å². The van der Waals surface area contributed by atoms with Gasteiger partial charge in [0.15, 0.2) is 0 Å². The zero-order valence-electron chi connectivity index (χ0n) is 13.0. The summed E-state index contributed by atoms with van der Waals surface area (Å²) >= 11 is 0. The Balaban J connectivity index is 1.83. The topological polar surface area (TPSA) is 108 Å². The van der Waals surface area contributed by atoms with E-state index in [1.54, 1.807) is 42.5 Å². The van der Waals surface area contributed by atoms with Gasteiger partial charge >= 0.3 is 0 Å². The van der Waals surface area contributed by atoms with E-state index in [1.165, 1.54) is 6.07 Å². The number of rotatable bonds is 5. The summed E-state index contributed by atoms with van der Waals surface area (Å²) in [5, 5.41) is 24.4. The lowest BCUT2D eigenvalue weighted by molar-refractivity contribution is -0.255. The number of hydrogen-bond donors (Lipinski definition) is 0.